The molecule has 3 N–H and O–H groups in total. The van der Waals surface area contributed by atoms with Gasteiger partial charge in [-0.1, -0.05) is 58.0 Å². The smallest absolute Gasteiger partial charge is 0.242 e. The Labute approximate surface area is 124 Å². The fourth-order valence-corrected chi connectivity index (χ4v) is 1.91. The lowest BCUT2D eigenvalue weighted by Crippen LogP contribution is -2.67. The van der Waals surface area contributed by atoms with E-state index in [0.29, 0.717) is 10.6 Å². The zero-order chi connectivity index (χ0) is 13.2. The lowest BCUT2D eigenvalue weighted by Gasteiger charge is -2.16. The highest BCUT2D eigenvalue weighted by Gasteiger charge is 2.35. The lowest BCUT2D eigenvalue weighted by molar-refractivity contribution is -0.416. The predicted molar refractivity (Wildman–Crippen MR) is 72.4 cm³/mol. The minimum atomic E-state index is -1.57. The molecule has 1 aromatic rings. The summed E-state index contributed by atoms with van der Waals surface area (Å²) in [5, 5.41) is 0.734. The molecule has 0 saturated heterocycles. The zero-order valence-electron chi connectivity index (χ0n) is 8.52. The summed E-state index contributed by atoms with van der Waals surface area (Å²) in [4.78, 5) is 11.9. The molecule has 0 spiro atoms. The van der Waals surface area contributed by atoms with E-state index in [1.54, 1.807) is 6.07 Å². The van der Waals surface area contributed by atoms with Crippen molar-refractivity contribution in [3.8, 4) is 0 Å². The van der Waals surface area contributed by atoms with Gasteiger partial charge in [0.25, 0.3) is 0 Å². The van der Waals surface area contributed by atoms with E-state index in [2.05, 4.69) is 5.73 Å². The van der Waals surface area contributed by atoms with E-state index in [4.69, 9.17) is 58.0 Å². The van der Waals surface area contributed by atoms with Gasteiger partial charge in [-0.15, -0.1) is 0 Å². The minimum Gasteiger partial charge on any atom is -0.351 e. The molecular weight excluding hydrogens is 327 g/mol. The van der Waals surface area contributed by atoms with Crippen LogP contribution in [0.4, 0.5) is 0 Å². The number of hydrogen-bond donors (Lipinski definition) is 1. The van der Waals surface area contributed by atoms with Gasteiger partial charge in [-0.3, -0.25) is 4.79 Å². The summed E-state index contributed by atoms with van der Waals surface area (Å²) >= 11 is 28.6. The maximum Gasteiger partial charge on any atom is 0.242 e. The van der Waals surface area contributed by atoms with Gasteiger partial charge in [0.15, 0.2) is 5.78 Å². The van der Waals surface area contributed by atoms with Crippen molar-refractivity contribution in [2.75, 3.05) is 0 Å². The quantitative estimate of drug-likeness (QED) is 0.666. The molecule has 0 saturated carbocycles. The number of carbonyl (C=O) groups is 1. The average Bonchev–Trinajstić information content (AvgIpc) is 2.15. The van der Waals surface area contributed by atoms with Gasteiger partial charge in [0.1, 0.15) is 6.04 Å². The van der Waals surface area contributed by atoms with Crippen LogP contribution in [0.1, 0.15) is 16.8 Å². The molecule has 7 heteroatoms. The van der Waals surface area contributed by atoms with Crippen molar-refractivity contribution in [3.63, 3.8) is 0 Å². The number of alkyl halides is 3. The molecule has 0 amide bonds. The van der Waals surface area contributed by atoms with E-state index < -0.39 is 9.83 Å². The fraction of sp³-hybridized carbons (Fsp3) is 0.300. The van der Waals surface area contributed by atoms with Gasteiger partial charge in [-0.05, 0) is 18.2 Å². The second kappa shape index (κ2) is 5.96. The Bertz CT molecular complexity index is 429. The Kier molecular flexibility index (Phi) is 5.39. The number of hydrogen-bond acceptors (Lipinski definition) is 1. The van der Waals surface area contributed by atoms with Crippen LogP contribution in [0, 0.1) is 0 Å². The standard InChI is InChI=1S/C10H8Cl5NO/c11-5-1-2-6(7(12)3-5)8(17)4-9(16)10(13,14)15/h1-3,9H,4,16H2/p+1/t9-/m1/s1. The van der Waals surface area contributed by atoms with Crippen molar-refractivity contribution < 1.29 is 10.5 Å². The van der Waals surface area contributed by atoms with Gasteiger partial charge < -0.3 is 5.73 Å². The van der Waals surface area contributed by atoms with E-state index in [-0.39, 0.29) is 17.2 Å². The highest BCUT2D eigenvalue weighted by molar-refractivity contribution is 6.68. The third-order valence-corrected chi connectivity index (χ3v) is 3.60. The summed E-state index contributed by atoms with van der Waals surface area (Å²) in [5.74, 6) is -0.238. The lowest BCUT2D eigenvalue weighted by atomic mass is 10.0. The SMILES string of the molecule is [NH3+][C@H](CC(=O)c1ccc(Cl)cc1Cl)C(Cl)(Cl)Cl. The van der Waals surface area contributed by atoms with Crippen molar-refractivity contribution in [2.45, 2.75) is 16.3 Å². The molecule has 1 aromatic carbocycles. The van der Waals surface area contributed by atoms with Crippen LogP contribution < -0.4 is 5.73 Å². The average molecular weight is 336 g/mol. The molecule has 0 aromatic heterocycles. The molecule has 0 radical (unpaired) electrons. The van der Waals surface area contributed by atoms with E-state index in [9.17, 15) is 4.79 Å². The van der Waals surface area contributed by atoms with Crippen LogP contribution in [0.25, 0.3) is 0 Å². The van der Waals surface area contributed by atoms with Crippen LogP contribution in [-0.2, 0) is 0 Å². The second-order valence-electron chi connectivity index (χ2n) is 3.49. The molecule has 0 unspecified atom stereocenters. The Morgan fingerprint density at radius 2 is 1.88 bits per heavy atom. The van der Waals surface area contributed by atoms with Gasteiger partial charge in [0.2, 0.25) is 3.79 Å². The highest BCUT2D eigenvalue weighted by atomic mass is 35.6. The number of benzene rings is 1. The topological polar surface area (TPSA) is 44.7 Å². The maximum absolute atomic E-state index is 11.9. The Hall–Kier alpha value is 0.300. The number of ketones is 1. The summed E-state index contributed by atoms with van der Waals surface area (Å²) in [5.41, 5.74) is 3.98. The minimum absolute atomic E-state index is 0.00213. The maximum atomic E-state index is 11.9. The summed E-state index contributed by atoms with van der Waals surface area (Å²) in [6, 6.07) is 3.96. The Balaban J connectivity index is 2.84. The molecule has 0 aliphatic carbocycles. The molecule has 17 heavy (non-hydrogen) atoms. The van der Waals surface area contributed by atoms with Crippen LogP contribution in [0.2, 0.25) is 10.0 Å². The van der Waals surface area contributed by atoms with E-state index >= 15 is 0 Å². The molecule has 0 aliphatic heterocycles. The van der Waals surface area contributed by atoms with Gasteiger partial charge >= 0.3 is 0 Å². The van der Waals surface area contributed by atoms with E-state index in [0.717, 1.165) is 0 Å². The number of Topliss-reactive ketones (excluding diaryl/α,β-unsaturated/α-hetero) is 1. The number of rotatable bonds is 3. The summed E-state index contributed by atoms with van der Waals surface area (Å²) < 4.78 is -1.57. The third kappa shape index (κ3) is 4.47. The van der Waals surface area contributed by atoms with Gasteiger partial charge in [-0.2, -0.15) is 0 Å². The van der Waals surface area contributed by atoms with Crippen molar-refractivity contribution in [2.24, 2.45) is 0 Å². The predicted octanol–water partition coefficient (Wildman–Crippen LogP) is 3.55. The van der Waals surface area contributed by atoms with Crippen LogP contribution in [0.15, 0.2) is 18.2 Å². The Morgan fingerprint density at radius 1 is 1.29 bits per heavy atom. The fourth-order valence-electron chi connectivity index (χ4n) is 1.17. The van der Waals surface area contributed by atoms with E-state index in [1.165, 1.54) is 12.1 Å². The Morgan fingerprint density at radius 3 is 2.35 bits per heavy atom. The van der Waals surface area contributed by atoms with Gasteiger partial charge in [-0.25, -0.2) is 0 Å². The molecule has 1 rings (SSSR count). The van der Waals surface area contributed by atoms with Crippen LogP contribution >= 0.6 is 58.0 Å². The third-order valence-electron chi connectivity index (χ3n) is 2.13. The first-order valence-electron chi connectivity index (χ1n) is 4.60. The molecular formula is C10H9Cl5NO+. The summed E-state index contributed by atoms with van der Waals surface area (Å²) in [6.07, 6.45) is -0.00213. The van der Waals surface area contributed by atoms with E-state index in [1.807, 2.05) is 0 Å². The monoisotopic (exact) mass is 334 g/mol. The molecule has 1 atom stereocenters. The van der Waals surface area contributed by atoms with Crippen molar-refractivity contribution in [3.05, 3.63) is 33.8 Å². The van der Waals surface area contributed by atoms with Gasteiger partial charge in [0, 0.05) is 10.6 Å². The molecule has 0 heterocycles. The van der Waals surface area contributed by atoms with Crippen molar-refractivity contribution in [1.82, 2.24) is 0 Å². The molecule has 94 valence electrons. The normalized spacial score (nSPS) is 13.5. The first-order chi connectivity index (χ1) is 7.71. The van der Waals surface area contributed by atoms with Crippen LogP contribution in [0.5, 0.6) is 0 Å². The van der Waals surface area contributed by atoms with Crippen molar-refractivity contribution >= 4 is 63.8 Å². The molecule has 0 bridgehead atoms. The van der Waals surface area contributed by atoms with Crippen LogP contribution in [-0.4, -0.2) is 15.6 Å². The summed E-state index contributed by atoms with van der Waals surface area (Å²) in [6.45, 7) is 0. The number of halogens is 5. The molecule has 0 fully saturated rings. The zero-order valence-corrected chi connectivity index (χ0v) is 12.3. The second-order valence-corrected chi connectivity index (χ2v) is 6.70. The highest BCUT2D eigenvalue weighted by Crippen LogP contribution is 2.31. The first-order valence-corrected chi connectivity index (χ1v) is 6.49. The van der Waals surface area contributed by atoms with Crippen molar-refractivity contribution in [1.29, 1.82) is 0 Å². The summed E-state index contributed by atoms with van der Waals surface area (Å²) in [7, 11) is 0. The first kappa shape index (κ1) is 15.4. The molecule has 2 nitrogen and oxygen atoms in total. The largest absolute Gasteiger partial charge is 0.351 e. The molecule has 0 aliphatic rings. The van der Waals surface area contributed by atoms with Gasteiger partial charge in [0.05, 0.1) is 11.4 Å². The van der Waals surface area contributed by atoms with Crippen LogP contribution in [0.3, 0.4) is 0 Å². The number of quaternary nitrogens is 1. The number of carbonyl (C=O) groups excluding carboxylic acids is 1.